The number of hydrogen-bond donors (Lipinski definition) is 1. The Balaban J connectivity index is 0.833. The molecule has 2 bridgehead atoms. The Morgan fingerprint density at radius 3 is 2.56 bits per heavy atom. The van der Waals surface area contributed by atoms with Crippen LogP contribution < -0.4 is 10.1 Å². The summed E-state index contributed by atoms with van der Waals surface area (Å²) in [5.74, 6) is 3.77. The first-order valence-electron chi connectivity index (χ1n) is 13.3. The summed E-state index contributed by atoms with van der Waals surface area (Å²) in [6.45, 7) is 6.09. The highest BCUT2D eigenvalue weighted by Gasteiger charge is 3.10. The molecule has 4 unspecified atom stereocenters. The monoisotopic (exact) mass is 528 g/mol. The van der Waals surface area contributed by atoms with Crippen LogP contribution in [0.4, 0.5) is 0 Å². The quantitative estimate of drug-likeness (QED) is 0.414. The number of ether oxygens (including phenoxy) is 3. The van der Waals surface area contributed by atoms with Gasteiger partial charge in [-0.25, -0.2) is 0 Å². The standard InChI is InChI=1S/C27H33BrN2O4/c28-26-21-18-22(26)20-23(27(26)33-12-13-34-27)19(21)25(18,20)24(31)29-8-5-11-32-17-7-4-6-16(14-17)15-30-9-2-1-3-10-30/h4,6-7,14,18-23H,1-3,5,8-13,15H2,(H,29,31). The predicted octanol–water partition coefficient (Wildman–Crippen LogP) is 3.19. The first-order valence-corrected chi connectivity index (χ1v) is 14.1. The minimum absolute atomic E-state index is 0.0143. The van der Waals surface area contributed by atoms with E-state index in [1.54, 1.807) is 0 Å². The number of halogens is 1. The Labute approximate surface area is 209 Å². The second kappa shape index (κ2) is 6.99. The van der Waals surface area contributed by atoms with E-state index in [0.29, 0.717) is 61.9 Å². The van der Waals surface area contributed by atoms with Gasteiger partial charge in [0.2, 0.25) is 5.91 Å². The van der Waals surface area contributed by atoms with Crippen molar-refractivity contribution in [2.75, 3.05) is 39.5 Å². The van der Waals surface area contributed by atoms with E-state index in [2.05, 4.69) is 44.3 Å². The second-order valence-corrected chi connectivity index (χ2v) is 13.0. The summed E-state index contributed by atoms with van der Waals surface area (Å²) < 4.78 is 18.4. The minimum atomic E-state index is -0.440. The molecule has 2 heterocycles. The van der Waals surface area contributed by atoms with Gasteiger partial charge in [0.25, 0.3) is 0 Å². The molecule has 0 aromatic heterocycles. The number of nitrogens with zero attached hydrogens (tertiary/aromatic N) is 1. The van der Waals surface area contributed by atoms with Gasteiger partial charge in [0.15, 0.2) is 5.79 Å². The second-order valence-electron chi connectivity index (χ2n) is 11.7. The molecule has 7 heteroatoms. The van der Waals surface area contributed by atoms with Gasteiger partial charge in [0.1, 0.15) is 5.75 Å². The van der Waals surface area contributed by atoms with E-state index in [0.717, 1.165) is 18.7 Å². The van der Waals surface area contributed by atoms with Crippen molar-refractivity contribution in [2.45, 2.75) is 42.3 Å². The topological polar surface area (TPSA) is 60.0 Å². The van der Waals surface area contributed by atoms with Crippen molar-refractivity contribution < 1.29 is 19.0 Å². The van der Waals surface area contributed by atoms with Crippen LogP contribution in [0.1, 0.15) is 31.2 Å². The molecule has 2 saturated heterocycles. The lowest BCUT2D eigenvalue weighted by Crippen LogP contribution is -2.94. The fourth-order valence-electron chi connectivity index (χ4n) is 9.80. The van der Waals surface area contributed by atoms with E-state index >= 15 is 0 Å². The molecular formula is C27H33BrN2O4. The van der Waals surface area contributed by atoms with Crippen molar-refractivity contribution in [3.05, 3.63) is 29.8 Å². The van der Waals surface area contributed by atoms with E-state index in [1.165, 1.54) is 37.9 Å². The lowest BCUT2D eigenvalue weighted by molar-refractivity contribution is -0.416. The number of benzene rings is 1. The first kappa shape index (κ1) is 21.0. The smallest absolute Gasteiger partial charge is 0.227 e. The summed E-state index contributed by atoms with van der Waals surface area (Å²) in [4.78, 5) is 15.8. The van der Waals surface area contributed by atoms with Gasteiger partial charge in [-0.15, -0.1) is 0 Å². The van der Waals surface area contributed by atoms with E-state index in [9.17, 15) is 4.79 Å². The average Bonchev–Trinajstić information content (AvgIpc) is 3.37. The van der Waals surface area contributed by atoms with Gasteiger partial charge in [-0.1, -0.05) is 34.5 Å². The maximum atomic E-state index is 13.3. The molecule has 1 aromatic carbocycles. The Morgan fingerprint density at radius 1 is 1.06 bits per heavy atom. The van der Waals surface area contributed by atoms with Crippen molar-refractivity contribution in [2.24, 2.45) is 40.9 Å². The largest absolute Gasteiger partial charge is 0.494 e. The minimum Gasteiger partial charge on any atom is -0.494 e. The van der Waals surface area contributed by atoms with Crippen LogP contribution in [0.5, 0.6) is 5.75 Å². The molecule has 1 amide bonds. The van der Waals surface area contributed by atoms with Crippen molar-refractivity contribution in [3.8, 4) is 5.75 Å². The van der Waals surface area contributed by atoms with Crippen molar-refractivity contribution in [3.63, 3.8) is 0 Å². The Kier molecular flexibility index (Phi) is 4.31. The third kappa shape index (κ3) is 2.16. The maximum Gasteiger partial charge on any atom is 0.227 e. The third-order valence-corrected chi connectivity index (χ3v) is 12.3. The maximum absolute atomic E-state index is 13.3. The Morgan fingerprint density at radius 2 is 1.79 bits per heavy atom. The number of hydrogen-bond acceptors (Lipinski definition) is 5. The van der Waals surface area contributed by atoms with Crippen LogP contribution in [0.15, 0.2) is 24.3 Å². The average molecular weight is 529 g/mol. The van der Waals surface area contributed by atoms with Crippen LogP contribution in [-0.4, -0.2) is 60.4 Å². The lowest BCUT2D eigenvalue weighted by atomic mass is 9.13. The van der Waals surface area contributed by atoms with Gasteiger partial charge in [0, 0.05) is 19.0 Å². The van der Waals surface area contributed by atoms with Crippen LogP contribution in [-0.2, 0) is 20.8 Å². The summed E-state index contributed by atoms with van der Waals surface area (Å²) in [6.07, 6.45) is 4.81. The molecule has 6 saturated carbocycles. The van der Waals surface area contributed by atoms with Gasteiger partial charge in [0.05, 0.1) is 29.6 Å². The molecule has 1 spiro atoms. The summed E-state index contributed by atoms with van der Waals surface area (Å²) in [6, 6.07) is 8.49. The van der Waals surface area contributed by atoms with Crippen LogP contribution in [0.3, 0.4) is 0 Å². The number of carbonyl (C=O) groups excluding carboxylic acids is 1. The van der Waals surface area contributed by atoms with Crippen LogP contribution in [0, 0.1) is 40.9 Å². The van der Waals surface area contributed by atoms with E-state index in [-0.39, 0.29) is 15.6 Å². The molecule has 1 aromatic rings. The molecule has 2 aliphatic heterocycles. The van der Waals surface area contributed by atoms with Crippen molar-refractivity contribution in [1.29, 1.82) is 0 Å². The van der Waals surface area contributed by atoms with E-state index in [1.807, 2.05) is 6.07 Å². The molecular weight excluding hydrogens is 496 g/mol. The molecule has 6 nitrogen and oxygen atoms in total. The highest BCUT2D eigenvalue weighted by Crippen LogP contribution is 3.04. The van der Waals surface area contributed by atoms with Gasteiger partial charge in [-0.3, -0.25) is 9.69 Å². The molecule has 0 radical (unpaired) electrons. The van der Waals surface area contributed by atoms with Gasteiger partial charge in [-0.05, 0) is 79.6 Å². The number of alkyl halides is 1. The number of piperidine rings is 1. The molecule has 4 atom stereocenters. The SMILES string of the molecule is O=C(NCCCOc1cccc(CN2CCCCC2)c1)C12C3C4C1C1C2C3C1(Br)C41OCCO1. The molecule has 9 rings (SSSR count). The molecule has 8 fully saturated rings. The number of amides is 1. The van der Waals surface area contributed by atoms with E-state index < -0.39 is 5.79 Å². The van der Waals surface area contributed by atoms with Crippen LogP contribution >= 0.6 is 15.9 Å². The fourth-order valence-corrected chi connectivity index (χ4v) is 11.4. The normalized spacial score (nSPS) is 45.7. The Bertz CT molecular complexity index is 1020. The van der Waals surface area contributed by atoms with Crippen LogP contribution in [0.25, 0.3) is 0 Å². The summed E-state index contributed by atoms with van der Waals surface area (Å²) in [5, 5.41) is 3.27. The summed E-state index contributed by atoms with van der Waals surface area (Å²) in [5.41, 5.74) is 1.21. The first-order chi connectivity index (χ1) is 16.6. The molecule has 8 aliphatic rings. The number of nitrogens with one attached hydrogen (secondary N) is 1. The Hall–Kier alpha value is -1.15. The van der Waals surface area contributed by atoms with Gasteiger partial charge >= 0.3 is 0 Å². The number of rotatable bonds is 8. The molecule has 182 valence electrons. The third-order valence-electron chi connectivity index (χ3n) is 10.7. The lowest BCUT2D eigenvalue weighted by Gasteiger charge is -2.90. The molecule has 1 N–H and O–H groups in total. The number of carbonyl (C=O) groups is 1. The molecule has 34 heavy (non-hydrogen) atoms. The van der Waals surface area contributed by atoms with Crippen molar-refractivity contribution in [1.82, 2.24) is 10.2 Å². The summed E-state index contributed by atoms with van der Waals surface area (Å²) >= 11 is 4.07. The summed E-state index contributed by atoms with van der Waals surface area (Å²) in [7, 11) is 0. The van der Waals surface area contributed by atoms with Gasteiger partial charge < -0.3 is 19.5 Å². The van der Waals surface area contributed by atoms with E-state index in [4.69, 9.17) is 14.2 Å². The predicted molar refractivity (Wildman–Crippen MR) is 128 cm³/mol. The molecule has 6 aliphatic carbocycles. The fraction of sp³-hybridized carbons (Fsp3) is 0.741. The van der Waals surface area contributed by atoms with Gasteiger partial charge in [-0.2, -0.15) is 0 Å². The zero-order valence-corrected chi connectivity index (χ0v) is 21.1. The highest BCUT2D eigenvalue weighted by molar-refractivity contribution is 9.10. The zero-order chi connectivity index (χ0) is 22.7. The van der Waals surface area contributed by atoms with Crippen molar-refractivity contribution >= 4 is 21.8 Å². The highest BCUT2D eigenvalue weighted by atomic mass is 79.9. The van der Waals surface area contributed by atoms with Crippen LogP contribution in [0.2, 0.25) is 0 Å². The number of likely N-dealkylation sites (tertiary alicyclic amines) is 1. The zero-order valence-electron chi connectivity index (χ0n) is 19.5.